The topological polar surface area (TPSA) is 44.0 Å². The predicted molar refractivity (Wildman–Crippen MR) is 49.0 cm³/mol. The molecule has 12 heavy (non-hydrogen) atoms. The molecule has 0 saturated carbocycles. The van der Waals surface area contributed by atoms with Crippen molar-refractivity contribution in [1.29, 1.82) is 5.26 Å². The van der Waals surface area contributed by atoms with Crippen LogP contribution in [0.2, 0.25) is 0 Å². The fourth-order valence-electron chi connectivity index (χ4n) is 0.959. The highest BCUT2D eigenvalue weighted by molar-refractivity contribution is 7.12. The summed E-state index contributed by atoms with van der Waals surface area (Å²) in [5.41, 5.74) is -0.683. The van der Waals surface area contributed by atoms with Crippen LogP contribution in [-0.4, -0.2) is 10.7 Å². The summed E-state index contributed by atoms with van der Waals surface area (Å²) < 4.78 is 0. The highest BCUT2D eigenvalue weighted by Crippen LogP contribution is 2.20. The van der Waals surface area contributed by atoms with Gasteiger partial charge in [0.2, 0.25) is 0 Å². The van der Waals surface area contributed by atoms with Crippen LogP contribution in [0.3, 0.4) is 0 Å². The van der Waals surface area contributed by atoms with E-state index in [0.29, 0.717) is 11.3 Å². The second kappa shape index (κ2) is 3.26. The number of aliphatic hydroxyl groups is 1. The zero-order valence-corrected chi connectivity index (χ0v) is 7.98. The van der Waals surface area contributed by atoms with Crippen molar-refractivity contribution in [2.75, 3.05) is 0 Å². The third kappa shape index (κ3) is 2.65. The van der Waals surface area contributed by atoms with Crippen molar-refractivity contribution >= 4 is 11.3 Å². The Labute approximate surface area is 76.1 Å². The first-order chi connectivity index (χ1) is 5.51. The second-order valence-electron chi connectivity index (χ2n) is 3.37. The Morgan fingerprint density at radius 2 is 2.25 bits per heavy atom. The van der Waals surface area contributed by atoms with E-state index in [9.17, 15) is 5.11 Å². The van der Waals surface area contributed by atoms with Crippen molar-refractivity contribution in [1.82, 2.24) is 0 Å². The van der Waals surface area contributed by atoms with E-state index >= 15 is 0 Å². The third-order valence-corrected chi connectivity index (χ3v) is 2.37. The minimum absolute atomic E-state index is 0.610. The predicted octanol–water partition coefficient (Wildman–Crippen LogP) is 1.93. The minimum atomic E-state index is -0.683. The van der Waals surface area contributed by atoms with Crippen LogP contribution >= 0.6 is 11.3 Å². The summed E-state index contributed by atoms with van der Waals surface area (Å²) in [6.45, 7) is 3.53. The summed E-state index contributed by atoms with van der Waals surface area (Å²) in [5, 5.41) is 18.0. The molecule has 0 amide bonds. The van der Waals surface area contributed by atoms with Gasteiger partial charge in [0.15, 0.2) is 0 Å². The van der Waals surface area contributed by atoms with Crippen LogP contribution < -0.4 is 0 Å². The van der Waals surface area contributed by atoms with Crippen LogP contribution in [0.1, 0.15) is 23.6 Å². The zero-order chi connectivity index (χ0) is 9.19. The molecule has 1 N–H and O–H groups in total. The van der Waals surface area contributed by atoms with Crippen molar-refractivity contribution in [2.24, 2.45) is 0 Å². The Bertz CT molecular complexity index is 303. The minimum Gasteiger partial charge on any atom is -0.390 e. The molecule has 0 radical (unpaired) electrons. The van der Waals surface area contributed by atoms with Gasteiger partial charge in [-0.2, -0.15) is 5.26 Å². The molecule has 64 valence electrons. The van der Waals surface area contributed by atoms with Crippen molar-refractivity contribution in [3.05, 3.63) is 21.9 Å². The normalized spacial score (nSPS) is 11.2. The average Bonchev–Trinajstić information content (AvgIpc) is 2.32. The molecular formula is C9H11NOS. The number of hydrogen-bond acceptors (Lipinski definition) is 3. The first-order valence-corrected chi connectivity index (χ1v) is 4.54. The number of nitriles is 1. The molecule has 0 aliphatic heterocycles. The number of nitrogens with zero attached hydrogens (tertiary/aromatic N) is 1. The van der Waals surface area contributed by atoms with Crippen molar-refractivity contribution < 1.29 is 5.11 Å². The van der Waals surface area contributed by atoms with E-state index in [-0.39, 0.29) is 0 Å². The van der Waals surface area contributed by atoms with Crippen LogP contribution in [-0.2, 0) is 6.42 Å². The summed E-state index contributed by atoms with van der Waals surface area (Å²) in [5.74, 6) is 0. The standard InChI is InChI=1S/C9H11NOS/c1-9(2,11)5-7-3-4-8(6-10)12-7/h3-4,11H,5H2,1-2H3. The lowest BCUT2D eigenvalue weighted by Crippen LogP contribution is -2.20. The van der Waals surface area contributed by atoms with Crippen LogP contribution in [0.4, 0.5) is 0 Å². The zero-order valence-electron chi connectivity index (χ0n) is 7.16. The van der Waals surface area contributed by atoms with Crippen LogP contribution in [0.25, 0.3) is 0 Å². The lowest BCUT2D eigenvalue weighted by molar-refractivity contribution is 0.0818. The van der Waals surface area contributed by atoms with Gasteiger partial charge in [-0.05, 0) is 26.0 Å². The van der Waals surface area contributed by atoms with Crippen LogP contribution in [0, 0.1) is 11.3 Å². The van der Waals surface area contributed by atoms with Gasteiger partial charge in [-0.1, -0.05) is 0 Å². The Hall–Kier alpha value is -0.850. The molecule has 0 atom stereocenters. The summed E-state index contributed by atoms with van der Waals surface area (Å²) in [6.07, 6.45) is 0.610. The smallest absolute Gasteiger partial charge is 0.110 e. The van der Waals surface area contributed by atoms with Crippen molar-refractivity contribution in [3.63, 3.8) is 0 Å². The highest BCUT2D eigenvalue weighted by atomic mass is 32.1. The van der Waals surface area contributed by atoms with E-state index in [2.05, 4.69) is 6.07 Å². The molecule has 0 aromatic carbocycles. The Morgan fingerprint density at radius 1 is 1.58 bits per heavy atom. The molecule has 0 fully saturated rings. The molecule has 2 nitrogen and oxygen atoms in total. The van der Waals surface area contributed by atoms with E-state index < -0.39 is 5.60 Å². The highest BCUT2D eigenvalue weighted by Gasteiger charge is 2.14. The van der Waals surface area contributed by atoms with Crippen LogP contribution in [0.5, 0.6) is 0 Å². The molecule has 0 saturated heterocycles. The van der Waals surface area contributed by atoms with Crippen molar-refractivity contribution in [3.8, 4) is 6.07 Å². The van der Waals surface area contributed by atoms with E-state index in [1.165, 1.54) is 11.3 Å². The molecular weight excluding hydrogens is 170 g/mol. The van der Waals surface area contributed by atoms with E-state index in [1.807, 2.05) is 6.07 Å². The SMILES string of the molecule is CC(C)(O)Cc1ccc(C#N)s1. The maximum absolute atomic E-state index is 9.48. The summed E-state index contributed by atoms with van der Waals surface area (Å²) in [4.78, 5) is 1.76. The van der Waals surface area contributed by atoms with E-state index in [4.69, 9.17) is 5.26 Å². The molecule has 0 spiro atoms. The average molecular weight is 181 g/mol. The first kappa shape index (κ1) is 9.24. The monoisotopic (exact) mass is 181 g/mol. The molecule has 0 aliphatic rings. The second-order valence-corrected chi connectivity index (χ2v) is 4.54. The molecule has 0 unspecified atom stereocenters. The number of hydrogen-bond donors (Lipinski definition) is 1. The van der Waals surface area contributed by atoms with Crippen molar-refractivity contribution in [2.45, 2.75) is 25.9 Å². The lowest BCUT2D eigenvalue weighted by Gasteiger charge is -2.14. The van der Waals surface area contributed by atoms with Crippen LogP contribution in [0.15, 0.2) is 12.1 Å². The third-order valence-electron chi connectivity index (χ3n) is 1.38. The molecule has 1 aromatic heterocycles. The summed E-state index contributed by atoms with van der Waals surface area (Å²) in [6, 6.07) is 5.74. The molecule has 1 heterocycles. The van der Waals surface area contributed by atoms with Gasteiger partial charge in [-0.3, -0.25) is 0 Å². The fraction of sp³-hybridized carbons (Fsp3) is 0.444. The Balaban J connectivity index is 2.72. The van der Waals surface area contributed by atoms with E-state index in [0.717, 1.165) is 4.88 Å². The molecule has 3 heteroatoms. The molecule has 1 aromatic rings. The van der Waals surface area contributed by atoms with Gasteiger partial charge in [0.25, 0.3) is 0 Å². The first-order valence-electron chi connectivity index (χ1n) is 3.72. The van der Waals surface area contributed by atoms with Gasteiger partial charge < -0.3 is 5.11 Å². The Morgan fingerprint density at radius 3 is 2.67 bits per heavy atom. The summed E-state index contributed by atoms with van der Waals surface area (Å²) >= 11 is 1.44. The quantitative estimate of drug-likeness (QED) is 0.757. The number of thiophene rings is 1. The maximum atomic E-state index is 9.48. The van der Waals surface area contributed by atoms with E-state index in [1.54, 1.807) is 19.9 Å². The van der Waals surface area contributed by atoms with Gasteiger partial charge >= 0.3 is 0 Å². The largest absolute Gasteiger partial charge is 0.390 e. The number of rotatable bonds is 2. The van der Waals surface area contributed by atoms with Gasteiger partial charge in [-0.15, -0.1) is 11.3 Å². The van der Waals surface area contributed by atoms with Gasteiger partial charge in [0.05, 0.1) is 5.60 Å². The maximum Gasteiger partial charge on any atom is 0.110 e. The van der Waals surface area contributed by atoms with Gasteiger partial charge in [0.1, 0.15) is 10.9 Å². The summed E-state index contributed by atoms with van der Waals surface area (Å²) in [7, 11) is 0. The van der Waals surface area contributed by atoms with Gasteiger partial charge in [0, 0.05) is 11.3 Å². The molecule has 0 aliphatic carbocycles. The Kier molecular flexibility index (Phi) is 2.51. The fourth-order valence-corrected chi connectivity index (χ4v) is 1.99. The van der Waals surface area contributed by atoms with Gasteiger partial charge in [-0.25, -0.2) is 0 Å². The molecule has 1 rings (SSSR count). The molecule has 0 bridgehead atoms. The lowest BCUT2D eigenvalue weighted by atomic mass is 10.1.